The molecule has 13 heavy (non-hydrogen) atoms. The monoisotopic (exact) mass is 185 g/mol. The summed E-state index contributed by atoms with van der Waals surface area (Å²) < 4.78 is 5.34. The van der Waals surface area contributed by atoms with Crippen LogP contribution in [0, 0.1) is 5.41 Å². The zero-order valence-corrected chi connectivity index (χ0v) is 8.89. The highest BCUT2D eigenvalue weighted by Gasteiger charge is 2.29. The molecule has 0 aromatic rings. The molecule has 1 rings (SSSR count). The number of carbonyl (C=O) groups excluding carboxylic acids is 1. The maximum absolute atomic E-state index is 11.5. The Morgan fingerprint density at radius 3 is 2.46 bits per heavy atom. The summed E-state index contributed by atoms with van der Waals surface area (Å²) in [6, 6.07) is 0.470. The SMILES string of the molecule is CC1CC(OC(=O)C(C)(C)C)CN1. The van der Waals surface area contributed by atoms with E-state index in [1.165, 1.54) is 0 Å². The third-order valence-electron chi connectivity index (χ3n) is 2.20. The van der Waals surface area contributed by atoms with Gasteiger partial charge in [-0.05, 0) is 27.7 Å². The molecule has 0 bridgehead atoms. The van der Waals surface area contributed by atoms with Gasteiger partial charge in [-0.3, -0.25) is 4.79 Å². The van der Waals surface area contributed by atoms with Crippen molar-refractivity contribution >= 4 is 5.97 Å². The van der Waals surface area contributed by atoms with Gasteiger partial charge in [-0.15, -0.1) is 0 Å². The highest BCUT2D eigenvalue weighted by Crippen LogP contribution is 2.19. The van der Waals surface area contributed by atoms with E-state index < -0.39 is 0 Å². The van der Waals surface area contributed by atoms with Crippen LogP contribution < -0.4 is 5.32 Å². The van der Waals surface area contributed by atoms with Gasteiger partial charge >= 0.3 is 5.97 Å². The van der Waals surface area contributed by atoms with Crippen LogP contribution in [0.4, 0.5) is 0 Å². The Hall–Kier alpha value is -0.570. The fourth-order valence-corrected chi connectivity index (χ4v) is 1.31. The minimum atomic E-state index is -0.383. The summed E-state index contributed by atoms with van der Waals surface area (Å²) in [5, 5.41) is 3.25. The first kappa shape index (κ1) is 10.5. The maximum Gasteiger partial charge on any atom is 0.311 e. The second-order valence-corrected chi connectivity index (χ2v) is 4.82. The normalized spacial score (nSPS) is 28.9. The van der Waals surface area contributed by atoms with Gasteiger partial charge in [0.25, 0.3) is 0 Å². The molecule has 0 aromatic carbocycles. The van der Waals surface area contributed by atoms with Crippen molar-refractivity contribution in [2.24, 2.45) is 5.41 Å². The van der Waals surface area contributed by atoms with Crippen molar-refractivity contribution in [2.45, 2.75) is 46.3 Å². The molecule has 0 aromatic heterocycles. The van der Waals surface area contributed by atoms with Gasteiger partial charge in [-0.25, -0.2) is 0 Å². The lowest BCUT2D eigenvalue weighted by Crippen LogP contribution is -2.29. The Kier molecular flexibility index (Phi) is 2.96. The van der Waals surface area contributed by atoms with Crippen LogP contribution in [0.5, 0.6) is 0 Å². The van der Waals surface area contributed by atoms with E-state index in [-0.39, 0.29) is 17.5 Å². The Balaban J connectivity index is 2.37. The average Bonchev–Trinajstić information content (AvgIpc) is 2.33. The molecule has 0 amide bonds. The van der Waals surface area contributed by atoms with Crippen LogP contribution in [-0.2, 0) is 9.53 Å². The van der Waals surface area contributed by atoms with Crippen LogP contribution in [0.25, 0.3) is 0 Å². The molecule has 1 aliphatic rings. The Morgan fingerprint density at radius 2 is 2.08 bits per heavy atom. The summed E-state index contributed by atoms with van der Waals surface area (Å²) in [4.78, 5) is 11.5. The van der Waals surface area contributed by atoms with E-state index in [4.69, 9.17) is 4.74 Å². The summed E-state index contributed by atoms with van der Waals surface area (Å²) in [6.45, 7) is 8.53. The van der Waals surface area contributed by atoms with Crippen LogP contribution >= 0.6 is 0 Å². The quantitative estimate of drug-likeness (QED) is 0.626. The van der Waals surface area contributed by atoms with Crippen molar-refractivity contribution in [3.8, 4) is 0 Å². The first-order chi connectivity index (χ1) is 5.89. The Bertz CT molecular complexity index is 196. The Labute approximate surface area is 79.8 Å². The molecule has 0 aliphatic carbocycles. The summed E-state index contributed by atoms with van der Waals surface area (Å²) >= 11 is 0. The summed E-state index contributed by atoms with van der Waals surface area (Å²) in [7, 11) is 0. The number of nitrogens with one attached hydrogen (secondary N) is 1. The molecule has 3 heteroatoms. The molecule has 2 atom stereocenters. The average molecular weight is 185 g/mol. The minimum Gasteiger partial charge on any atom is -0.461 e. The molecular formula is C10H19NO2. The van der Waals surface area contributed by atoms with E-state index in [0.717, 1.165) is 13.0 Å². The number of hydrogen-bond donors (Lipinski definition) is 1. The molecule has 1 heterocycles. The highest BCUT2D eigenvalue weighted by atomic mass is 16.5. The lowest BCUT2D eigenvalue weighted by molar-refractivity contribution is -0.157. The molecule has 0 radical (unpaired) electrons. The van der Waals surface area contributed by atoms with E-state index in [2.05, 4.69) is 12.2 Å². The van der Waals surface area contributed by atoms with Crippen LogP contribution in [0.15, 0.2) is 0 Å². The van der Waals surface area contributed by atoms with Crippen molar-refractivity contribution in [2.75, 3.05) is 6.54 Å². The molecule has 76 valence electrons. The van der Waals surface area contributed by atoms with E-state index in [0.29, 0.717) is 6.04 Å². The molecule has 0 spiro atoms. The van der Waals surface area contributed by atoms with Crippen molar-refractivity contribution in [3.05, 3.63) is 0 Å². The molecule has 1 N–H and O–H groups in total. The summed E-state index contributed by atoms with van der Waals surface area (Å²) in [6.07, 6.45) is 1.00. The van der Waals surface area contributed by atoms with Gasteiger partial charge < -0.3 is 10.1 Å². The third kappa shape index (κ3) is 2.99. The molecule has 2 unspecified atom stereocenters. The lowest BCUT2D eigenvalue weighted by Gasteiger charge is -2.19. The Morgan fingerprint density at radius 1 is 1.46 bits per heavy atom. The predicted octanol–water partition coefficient (Wildman–Crippen LogP) is 1.33. The molecule has 1 aliphatic heterocycles. The van der Waals surface area contributed by atoms with E-state index >= 15 is 0 Å². The fraction of sp³-hybridized carbons (Fsp3) is 0.900. The van der Waals surface area contributed by atoms with E-state index in [1.807, 2.05) is 20.8 Å². The lowest BCUT2D eigenvalue weighted by atomic mass is 9.97. The van der Waals surface area contributed by atoms with Crippen LogP contribution in [0.2, 0.25) is 0 Å². The molecule has 1 saturated heterocycles. The number of hydrogen-bond acceptors (Lipinski definition) is 3. The fourth-order valence-electron chi connectivity index (χ4n) is 1.31. The molecular weight excluding hydrogens is 166 g/mol. The van der Waals surface area contributed by atoms with Crippen LogP contribution in [0.1, 0.15) is 34.1 Å². The maximum atomic E-state index is 11.5. The van der Waals surface area contributed by atoms with Gasteiger partial charge in [0.2, 0.25) is 0 Å². The first-order valence-corrected chi connectivity index (χ1v) is 4.84. The van der Waals surface area contributed by atoms with Crippen molar-refractivity contribution < 1.29 is 9.53 Å². The number of ether oxygens (including phenoxy) is 1. The predicted molar refractivity (Wildman–Crippen MR) is 51.4 cm³/mol. The van der Waals surface area contributed by atoms with Gasteiger partial charge in [0.05, 0.1) is 5.41 Å². The van der Waals surface area contributed by atoms with Crippen molar-refractivity contribution in [1.82, 2.24) is 5.32 Å². The zero-order valence-electron chi connectivity index (χ0n) is 8.89. The minimum absolute atomic E-state index is 0.0710. The smallest absolute Gasteiger partial charge is 0.311 e. The van der Waals surface area contributed by atoms with E-state index in [1.54, 1.807) is 0 Å². The van der Waals surface area contributed by atoms with Gasteiger partial charge in [-0.1, -0.05) is 0 Å². The van der Waals surface area contributed by atoms with Crippen LogP contribution in [0.3, 0.4) is 0 Å². The van der Waals surface area contributed by atoms with E-state index in [9.17, 15) is 4.79 Å². The van der Waals surface area contributed by atoms with Gasteiger partial charge in [0.1, 0.15) is 6.10 Å². The zero-order chi connectivity index (χ0) is 10.1. The van der Waals surface area contributed by atoms with Crippen LogP contribution in [-0.4, -0.2) is 24.7 Å². The molecule has 1 fully saturated rings. The standard InChI is InChI=1S/C10H19NO2/c1-7-5-8(6-11-7)13-9(12)10(2,3)4/h7-8,11H,5-6H2,1-4H3. The summed E-state index contributed by atoms with van der Waals surface area (Å²) in [5.41, 5.74) is -0.383. The molecule has 3 nitrogen and oxygen atoms in total. The second-order valence-electron chi connectivity index (χ2n) is 4.82. The van der Waals surface area contributed by atoms with Gasteiger partial charge in [0, 0.05) is 19.0 Å². The number of rotatable bonds is 1. The van der Waals surface area contributed by atoms with Crippen molar-refractivity contribution in [3.63, 3.8) is 0 Å². The first-order valence-electron chi connectivity index (χ1n) is 4.84. The topological polar surface area (TPSA) is 38.3 Å². The van der Waals surface area contributed by atoms with Gasteiger partial charge in [0.15, 0.2) is 0 Å². The van der Waals surface area contributed by atoms with Gasteiger partial charge in [-0.2, -0.15) is 0 Å². The number of esters is 1. The summed E-state index contributed by atoms with van der Waals surface area (Å²) in [5.74, 6) is -0.103. The second kappa shape index (κ2) is 3.66. The largest absolute Gasteiger partial charge is 0.461 e. The number of carbonyl (C=O) groups is 1. The highest BCUT2D eigenvalue weighted by molar-refractivity contribution is 5.75. The third-order valence-corrected chi connectivity index (χ3v) is 2.20. The van der Waals surface area contributed by atoms with Crippen molar-refractivity contribution in [1.29, 1.82) is 0 Å². The molecule has 0 saturated carbocycles.